The van der Waals surface area contributed by atoms with Gasteiger partial charge in [0, 0.05) is 26.3 Å². The van der Waals surface area contributed by atoms with Crippen molar-refractivity contribution in [1.82, 2.24) is 0 Å². The van der Waals surface area contributed by atoms with Crippen LogP contribution < -0.4 is 4.74 Å². The van der Waals surface area contributed by atoms with E-state index < -0.39 is 5.54 Å². The lowest BCUT2D eigenvalue weighted by atomic mass is 10.1. The number of nitrogens with zero attached hydrogens (tertiary/aromatic N) is 1. The molecule has 0 aliphatic heterocycles. The van der Waals surface area contributed by atoms with E-state index in [1.165, 1.54) is 0 Å². The first-order valence-electron chi connectivity index (χ1n) is 5.87. The van der Waals surface area contributed by atoms with Gasteiger partial charge in [-0.25, -0.2) is 4.74 Å². The van der Waals surface area contributed by atoms with Crippen LogP contribution in [-0.2, 0) is 0 Å². The molecule has 0 amide bonds. The Hall–Kier alpha value is -1.51. The lowest BCUT2D eigenvalue weighted by Gasteiger charge is -2.18. The number of rotatable bonds is 3. The van der Waals surface area contributed by atoms with Crippen LogP contribution in [0.1, 0.15) is 40.2 Å². The molecule has 0 radical (unpaired) electrons. The first-order chi connectivity index (χ1) is 7.79. The summed E-state index contributed by atoms with van der Waals surface area (Å²) in [5, 5.41) is 11.7. The van der Waals surface area contributed by atoms with E-state index >= 15 is 0 Å². The molecule has 0 saturated heterocycles. The highest BCUT2D eigenvalue weighted by molar-refractivity contribution is 5.76. The molecular formula is C14H21NO2. The normalized spacial score (nSPS) is 12.9. The molecule has 0 aliphatic carbocycles. The van der Waals surface area contributed by atoms with Crippen molar-refractivity contribution in [2.45, 2.75) is 46.3 Å². The van der Waals surface area contributed by atoms with E-state index in [1.54, 1.807) is 6.21 Å². The fourth-order valence-corrected chi connectivity index (χ4v) is 1.23. The van der Waals surface area contributed by atoms with Gasteiger partial charge in [0.2, 0.25) is 0 Å². The van der Waals surface area contributed by atoms with Gasteiger partial charge in [-0.2, -0.15) is 0 Å². The summed E-state index contributed by atoms with van der Waals surface area (Å²) in [5.74, 6) is 0.824. The molecule has 17 heavy (non-hydrogen) atoms. The van der Waals surface area contributed by atoms with Gasteiger partial charge in [-0.15, -0.1) is 0 Å². The van der Waals surface area contributed by atoms with Crippen LogP contribution in [0.5, 0.6) is 5.75 Å². The Morgan fingerprint density at radius 3 is 2.12 bits per heavy atom. The van der Waals surface area contributed by atoms with Gasteiger partial charge in [-0.3, -0.25) is 0 Å². The van der Waals surface area contributed by atoms with Gasteiger partial charge in [0.1, 0.15) is 5.75 Å². The highest BCUT2D eigenvalue weighted by Gasteiger charge is 2.17. The second-order valence-corrected chi connectivity index (χ2v) is 5.36. The van der Waals surface area contributed by atoms with Crippen LogP contribution in [0.4, 0.5) is 0 Å². The zero-order valence-corrected chi connectivity index (χ0v) is 11.2. The Labute approximate surface area is 103 Å². The van der Waals surface area contributed by atoms with Crippen LogP contribution in [0.2, 0.25) is 0 Å². The van der Waals surface area contributed by atoms with Gasteiger partial charge >= 0.3 is 0 Å². The Morgan fingerprint density at radius 1 is 1.18 bits per heavy atom. The third-order valence-corrected chi connectivity index (χ3v) is 2.18. The molecule has 0 aliphatic rings. The largest absolute Gasteiger partial charge is 0.623 e. The zero-order chi connectivity index (χ0) is 13.1. The molecule has 0 atom stereocenters. The molecule has 3 nitrogen and oxygen atoms in total. The number of ether oxygens (including phenoxy) is 1. The zero-order valence-electron chi connectivity index (χ0n) is 11.2. The summed E-state index contributed by atoms with van der Waals surface area (Å²) in [7, 11) is 0. The maximum absolute atomic E-state index is 11.7. The number of hydrogen-bond donors (Lipinski definition) is 0. The molecule has 0 bridgehead atoms. The van der Waals surface area contributed by atoms with Crippen molar-refractivity contribution in [3.63, 3.8) is 0 Å². The van der Waals surface area contributed by atoms with Crippen molar-refractivity contribution in [3.8, 4) is 5.75 Å². The van der Waals surface area contributed by atoms with E-state index in [9.17, 15) is 5.21 Å². The molecule has 0 N–H and O–H groups in total. The maximum Gasteiger partial charge on any atom is 0.182 e. The lowest BCUT2D eigenvalue weighted by molar-refractivity contribution is -0.530. The van der Waals surface area contributed by atoms with E-state index in [-0.39, 0.29) is 6.10 Å². The second-order valence-electron chi connectivity index (χ2n) is 5.36. The molecular weight excluding hydrogens is 214 g/mol. The van der Waals surface area contributed by atoms with Crippen LogP contribution in [0.25, 0.3) is 0 Å². The molecule has 0 aromatic heterocycles. The molecule has 3 heteroatoms. The van der Waals surface area contributed by atoms with Crippen molar-refractivity contribution >= 4 is 6.21 Å². The van der Waals surface area contributed by atoms with Gasteiger partial charge < -0.3 is 9.94 Å². The Kier molecular flexibility index (Phi) is 4.16. The predicted octanol–water partition coefficient (Wildman–Crippen LogP) is 3.20. The van der Waals surface area contributed by atoms with Crippen LogP contribution in [0, 0.1) is 5.21 Å². The minimum atomic E-state index is -0.410. The average Bonchev–Trinajstić information content (AvgIpc) is 2.18. The fraction of sp³-hybridized carbons (Fsp3) is 0.500. The van der Waals surface area contributed by atoms with Crippen molar-refractivity contribution in [2.75, 3.05) is 0 Å². The molecule has 0 heterocycles. The first kappa shape index (κ1) is 13.6. The van der Waals surface area contributed by atoms with Crippen molar-refractivity contribution < 1.29 is 9.48 Å². The van der Waals surface area contributed by atoms with Crippen molar-refractivity contribution in [1.29, 1.82) is 0 Å². The Bertz CT molecular complexity index is 386. The Morgan fingerprint density at radius 2 is 1.71 bits per heavy atom. The van der Waals surface area contributed by atoms with E-state index in [1.807, 2.05) is 58.9 Å². The number of benzene rings is 1. The lowest BCUT2D eigenvalue weighted by Crippen LogP contribution is -2.29. The van der Waals surface area contributed by atoms with E-state index in [0.29, 0.717) is 0 Å². The Balaban J connectivity index is 2.82. The summed E-state index contributed by atoms with van der Waals surface area (Å²) in [6.45, 7) is 9.62. The molecule has 1 aromatic carbocycles. The van der Waals surface area contributed by atoms with Gasteiger partial charge in [0.15, 0.2) is 11.8 Å². The SMILES string of the molecule is CC(C)Oc1ccc(/C=[N+](\[O-])C(C)(C)C)cc1. The number of hydroxylamine groups is 1. The highest BCUT2D eigenvalue weighted by Crippen LogP contribution is 2.13. The molecule has 1 rings (SSSR count). The maximum atomic E-state index is 11.7. The van der Waals surface area contributed by atoms with Crippen LogP contribution in [-0.4, -0.2) is 22.6 Å². The molecule has 0 unspecified atom stereocenters. The third-order valence-electron chi connectivity index (χ3n) is 2.18. The summed E-state index contributed by atoms with van der Waals surface area (Å²) in [5.41, 5.74) is 0.471. The van der Waals surface area contributed by atoms with Crippen LogP contribution in [0.3, 0.4) is 0 Å². The topological polar surface area (TPSA) is 35.3 Å². The summed E-state index contributed by atoms with van der Waals surface area (Å²) in [6.07, 6.45) is 1.76. The van der Waals surface area contributed by atoms with Gasteiger partial charge in [-0.05, 0) is 38.1 Å². The smallest absolute Gasteiger partial charge is 0.182 e. The monoisotopic (exact) mass is 235 g/mol. The minimum absolute atomic E-state index is 0.162. The molecule has 0 fully saturated rings. The van der Waals surface area contributed by atoms with Crippen molar-refractivity contribution in [3.05, 3.63) is 35.0 Å². The summed E-state index contributed by atoms with van der Waals surface area (Å²) >= 11 is 0. The summed E-state index contributed by atoms with van der Waals surface area (Å²) in [4.78, 5) is 0. The van der Waals surface area contributed by atoms with Crippen molar-refractivity contribution in [2.24, 2.45) is 0 Å². The van der Waals surface area contributed by atoms with Gasteiger partial charge in [0.25, 0.3) is 0 Å². The average molecular weight is 235 g/mol. The fourth-order valence-electron chi connectivity index (χ4n) is 1.23. The first-order valence-corrected chi connectivity index (χ1v) is 5.87. The standard InChI is InChI=1S/C14H21NO2/c1-11(2)17-13-8-6-12(7-9-13)10-15(16)14(3,4)5/h6-11H,1-5H3/b15-10-. The van der Waals surface area contributed by atoms with E-state index in [0.717, 1.165) is 16.1 Å². The van der Waals surface area contributed by atoms with Crippen LogP contribution in [0.15, 0.2) is 24.3 Å². The molecule has 0 saturated carbocycles. The van der Waals surface area contributed by atoms with Gasteiger partial charge in [-0.1, -0.05) is 0 Å². The van der Waals surface area contributed by atoms with E-state index in [2.05, 4.69) is 0 Å². The number of hydrogen-bond acceptors (Lipinski definition) is 2. The van der Waals surface area contributed by atoms with Gasteiger partial charge in [0.05, 0.1) is 6.10 Å². The second kappa shape index (κ2) is 5.21. The highest BCUT2D eigenvalue weighted by atomic mass is 16.5. The predicted molar refractivity (Wildman–Crippen MR) is 70.8 cm³/mol. The molecule has 1 aromatic rings. The molecule has 94 valence electrons. The quantitative estimate of drug-likeness (QED) is 0.349. The molecule has 0 spiro atoms. The minimum Gasteiger partial charge on any atom is -0.623 e. The van der Waals surface area contributed by atoms with Crippen LogP contribution >= 0.6 is 0 Å². The summed E-state index contributed by atoms with van der Waals surface area (Å²) in [6, 6.07) is 7.52. The van der Waals surface area contributed by atoms with E-state index in [4.69, 9.17) is 4.74 Å². The summed E-state index contributed by atoms with van der Waals surface area (Å²) < 4.78 is 6.50. The third kappa shape index (κ3) is 4.47.